The highest BCUT2D eigenvalue weighted by molar-refractivity contribution is 7.12. The van der Waals surface area contributed by atoms with E-state index < -0.39 is 0 Å². The number of aromatic nitrogens is 2. The topological polar surface area (TPSA) is 54.0 Å². The molecule has 2 aromatic rings. The summed E-state index contributed by atoms with van der Waals surface area (Å²) in [5.74, 6) is 1.71. The van der Waals surface area contributed by atoms with E-state index in [4.69, 9.17) is 10.3 Å². The SMILES string of the molecule is Cn1nc(-c2ccc(C#N)cc2)sc1=NC1CC2CCC1C2. The maximum absolute atomic E-state index is 8.88. The lowest BCUT2D eigenvalue weighted by Gasteiger charge is -2.16. The van der Waals surface area contributed by atoms with Gasteiger partial charge in [-0.15, -0.1) is 0 Å². The normalized spacial score (nSPS) is 27.3. The quantitative estimate of drug-likeness (QED) is 0.856. The van der Waals surface area contributed by atoms with Gasteiger partial charge >= 0.3 is 0 Å². The average Bonchev–Trinajstić information content (AvgIpc) is 3.24. The zero-order valence-electron chi connectivity index (χ0n) is 12.6. The molecule has 1 aromatic carbocycles. The molecule has 2 bridgehead atoms. The standard InChI is InChI=1S/C17H18N4S/c1-21-17(19-15-9-12-4-7-14(15)8-12)22-16(20-21)13-5-2-11(10-18)3-6-13/h2-3,5-6,12,14-15H,4,7-9H2,1H3. The van der Waals surface area contributed by atoms with Crippen LogP contribution in [0.5, 0.6) is 0 Å². The fourth-order valence-corrected chi connectivity index (χ4v) is 4.73. The molecule has 3 unspecified atom stereocenters. The summed E-state index contributed by atoms with van der Waals surface area (Å²) >= 11 is 1.64. The Morgan fingerprint density at radius 3 is 2.73 bits per heavy atom. The summed E-state index contributed by atoms with van der Waals surface area (Å²) in [7, 11) is 1.97. The van der Waals surface area contributed by atoms with Gasteiger partial charge in [0.25, 0.3) is 0 Å². The van der Waals surface area contributed by atoms with Crippen LogP contribution in [0.2, 0.25) is 0 Å². The molecular weight excluding hydrogens is 292 g/mol. The molecule has 2 aliphatic carbocycles. The third-order valence-electron chi connectivity index (χ3n) is 4.94. The van der Waals surface area contributed by atoms with Crippen molar-refractivity contribution in [2.45, 2.75) is 31.7 Å². The van der Waals surface area contributed by atoms with Gasteiger partial charge in [0.1, 0.15) is 5.01 Å². The highest BCUT2D eigenvalue weighted by Crippen LogP contribution is 2.45. The first-order valence-corrected chi connectivity index (χ1v) is 8.63. The van der Waals surface area contributed by atoms with E-state index in [2.05, 4.69) is 11.2 Å². The Bertz CT molecular complexity index is 793. The fourth-order valence-electron chi connectivity index (χ4n) is 3.78. The van der Waals surface area contributed by atoms with Crippen molar-refractivity contribution < 1.29 is 0 Å². The predicted octanol–water partition coefficient (Wildman–Crippen LogP) is 3.11. The van der Waals surface area contributed by atoms with Crippen LogP contribution in [0.3, 0.4) is 0 Å². The van der Waals surface area contributed by atoms with Gasteiger partial charge in [-0.3, -0.25) is 4.99 Å². The molecule has 0 N–H and O–H groups in total. The molecule has 2 saturated carbocycles. The maximum Gasteiger partial charge on any atom is 0.203 e. The highest BCUT2D eigenvalue weighted by Gasteiger charge is 2.39. The summed E-state index contributed by atoms with van der Waals surface area (Å²) in [6.07, 6.45) is 5.39. The third-order valence-corrected chi connectivity index (χ3v) is 6.01. The van der Waals surface area contributed by atoms with E-state index in [1.165, 1.54) is 25.7 Å². The molecule has 2 aliphatic rings. The number of hydrogen-bond acceptors (Lipinski definition) is 4. The molecule has 5 heteroatoms. The maximum atomic E-state index is 8.88. The second-order valence-corrected chi connectivity index (χ2v) is 7.33. The summed E-state index contributed by atoms with van der Waals surface area (Å²) in [6, 6.07) is 10.2. The number of fused-ring (bicyclic) bond motifs is 2. The molecule has 112 valence electrons. The molecule has 0 amide bonds. The summed E-state index contributed by atoms with van der Waals surface area (Å²) in [5.41, 5.74) is 1.73. The Kier molecular flexibility index (Phi) is 3.34. The number of benzene rings is 1. The summed E-state index contributed by atoms with van der Waals surface area (Å²) in [6.45, 7) is 0. The minimum absolute atomic E-state index is 0.499. The van der Waals surface area contributed by atoms with Crippen LogP contribution in [-0.4, -0.2) is 15.8 Å². The van der Waals surface area contributed by atoms with Crippen molar-refractivity contribution in [2.24, 2.45) is 23.9 Å². The lowest BCUT2D eigenvalue weighted by Crippen LogP contribution is -2.21. The number of hydrogen-bond donors (Lipinski definition) is 0. The fraction of sp³-hybridized carbons (Fsp3) is 0.471. The molecule has 2 fully saturated rings. The molecule has 3 atom stereocenters. The number of nitrogens with zero attached hydrogens (tertiary/aromatic N) is 4. The van der Waals surface area contributed by atoms with Crippen molar-refractivity contribution in [1.29, 1.82) is 5.26 Å². The first-order chi connectivity index (χ1) is 10.7. The van der Waals surface area contributed by atoms with Gasteiger partial charge in [0.05, 0.1) is 17.7 Å². The molecule has 4 nitrogen and oxygen atoms in total. The monoisotopic (exact) mass is 310 g/mol. The van der Waals surface area contributed by atoms with Gasteiger partial charge in [0.15, 0.2) is 0 Å². The summed E-state index contributed by atoms with van der Waals surface area (Å²) < 4.78 is 1.89. The molecule has 0 spiro atoms. The predicted molar refractivity (Wildman–Crippen MR) is 86.0 cm³/mol. The van der Waals surface area contributed by atoms with E-state index in [1.807, 2.05) is 36.0 Å². The van der Waals surface area contributed by atoms with Crippen LogP contribution >= 0.6 is 11.3 Å². The van der Waals surface area contributed by atoms with Gasteiger partial charge in [-0.25, -0.2) is 4.68 Å². The molecule has 1 heterocycles. The number of nitriles is 1. The van der Waals surface area contributed by atoms with E-state index >= 15 is 0 Å². The molecule has 0 radical (unpaired) electrons. The van der Waals surface area contributed by atoms with E-state index in [1.54, 1.807) is 11.3 Å². The van der Waals surface area contributed by atoms with Crippen LogP contribution in [0.25, 0.3) is 10.6 Å². The van der Waals surface area contributed by atoms with Crippen LogP contribution in [0, 0.1) is 23.2 Å². The second kappa shape index (κ2) is 5.36. The highest BCUT2D eigenvalue weighted by atomic mass is 32.1. The minimum Gasteiger partial charge on any atom is -0.254 e. The van der Waals surface area contributed by atoms with Crippen molar-refractivity contribution in [1.82, 2.24) is 9.78 Å². The Labute approximate surface area is 133 Å². The van der Waals surface area contributed by atoms with Crippen molar-refractivity contribution in [3.63, 3.8) is 0 Å². The van der Waals surface area contributed by atoms with Crippen LogP contribution < -0.4 is 4.80 Å². The summed E-state index contributed by atoms with van der Waals surface area (Å²) in [5, 5.41) is 14.4. The van der Waals surface area contributed by atoms with Crippen LogP contribution in [-0.2, 0) is 7.05 Å². The van der Waals surface area contributed by atoms with Crippen molar-refractivity contribution >= 4 is 11.3 Å². The molecule has 0 aliphatic heterocycles. The molecular formula is C17H18N4S. The largest absolute Gasteiger partial charge is 0.254 e. The number of aryl methyl sites for hydroxylation is 1. The molecule has 1 aromatic heterocycles. The first kappa shape index (κ1) is 13.7. The van der Waals surface area contributed by atoms with Crippen LogP contribution in [0.15, 0.2) is 29.3 Å². The zero-order chi connectivity index (χ0) is 15.1. The van der Waals surface area contributed by atoms with Gasteiger partial charge in [-0.2, -0.15) is 10.4 Å². The van der Waals surface area contributed by atoms with E-state index in [0.29, 0.717) is 11.6 Å². The van der Waals surface area contributed by atoms with E-state index in [9.17, 15) is 0 Å². The first-order valence-electron chi connectivity index (χ1n) is 7.81. The Morgan fingerprint density at radius 2 is 2.09 bits per heavy atom. The van der Waals surface area contributed by atoms with Gasteiger partial charge in [0.2, 0.25) is 4.80 Å². The zero-order valence-corrected chi connectivity index (χ0v) is 13.4. The smallest absolute Gasteiger partial charge is 0.203 e. The number of rotatable bonds is 2. The van der Waals surface area contributed by atoms with Crippen molar-refractivity contribution in [3.8, 4) is 16.6 Å². The molecule has 4 rings (SSSR count). The second-order valence-electron chi connectivity index (χ2n) is 6.37. The van der Waals surface area contributed by atoms with E-state index in [-0.39, 0.29) is 0 Å². The Hall–Kier alpha value is -1.93. The van der Waals surface area contributed by atoms with Gasteiger partial charge < -0.3 is 0 Å². The Balaban J connectivity index is 1.65. The van der Waals surface area contributed by atoms with Gasteiger partial charge in [-0.05, 0) is 43.2 Å². The van der Waals surface area contributed by atoms with E-state index in [0.717, 1.165) is 27.2 Å². The van der Waals surface area contributed by atoms with Crippen molar-refractivity contribution in [3.05, 3.63) is 34.6 Å². The van der Waals surface area contributed by atoms with Crippen molar-refractivity contribution in [2.75, 3.05) is 0 Å². The van der Waals surface area contributed by atoms with Gasteiger partial charge in [0, 0.05) is 12.6 Å². The third kappa shape index (κ3) is 2.38. The van der Waals surface area contributed by atoms with Crippen LogP contribution in [0.4, 0.5) is 0 Å². The lowest BCUT2D eigenvalue weighted by molar-refractivity contribution is 0.411. The average molecular weight is 310 g/mol. The van der Waals surface area contributed by atoms with Gasteiger partial charge in [-0.1, -0.05) is 29.9 Å². The van der Waals surface area contributed by atoms with Crippen LogP contribution in [0.1, 0.15) is 31.2 Å². The molecule has 0 saturated heterocycles. The lowest BCUT2D eigenvalue weighted by atomic mass is 9.96. The Morgan fingerprint density at radius 1 is 1.27 bits per heavy atom. The summed E-state index contributed by atoms with van der Waals surface area (Å²) in [4.78, 5) is 6.00. The minimum atomic E-state index is 0.499. The molecule has 22 heavy (non-hydrogen) atoms.